The van der Waals surface area contributed by atoms with Crippen LogP contribution in [-0.4, -0.2) is 35.2 Å². The first kappa shape index (κ1) is 18.1. The first-order chi connectivity index (χ1) is 12.0. The molecule has 2 aromatic rings. The predicted molar refractivity (Wildman–Crippen MR) is 98.3 cm³/mol. The number of carbonyl (C=O) groups excluding carboxylic acids is 1. The molecule has 1 atom stereocenters. The van der Waals surface area contributed by atoms with Crippen molar-refractivity contribution in [3.8, 4) is 5.75 Å². The van der Waals surface area contributed by atoms with Crippen LogP contribution >= 0.6 is 23.2 Å². The van der Waals surface area contributed by atoms with Crippen molar-refractivity contribution in [2.24, 2.45) is 0 Å². The molecule has 0 aliphatic carbocycles. The van der Waals surface area contributed by atoms with Gasteiger partial charge < -0.3 is 14.7 Å². The fourth-order valence-corrected chi connectivity index (χ4v) is 3.21. The Morgan fingerprint density at radius 3 is 2.68 bits per heavy atom. The zero-order valence-corrected chi connectivity index (χ0v) is 15.1. The van der Waals surface area contributed by atoms with E-state index in [1.807, 2.05) is 6.07 Å². The Bertz CT molecular complexity index is 760. The molecular formula is C19H19Cl2NO3. The predicted octanol–water partition coefficient (Wildman–Crippen LogP) is 4.52. The van der Waals surface area contributed by atoms with Crippen molar-refractivity contribution in [3.63, 3.8) is 0 Å². The van der Waals surface area contributed by atoms with Gasteiger partial charge in [0.25, 0.3) is 5.91 Å². The number of aromatic hydroxyl groups is 1. The summed E-state index contributed by atoms with van der Waals surface area (Å²) in [6, 6.07) is 11.8. The lowest BCUT2D eigenvalue weighted by Crippen LogP contribution is -2.37. The Morgan fingerprint density at radius 1 is 1.20 bits per heavy atom. The molecule has 6 heteroatoms. The number of rotatable bonds is 5. The van der Waals surface area contributed by atoms with E-state index in [-0.39, 0.29) is 17.8 Å². The lowest BCUT2D eigenvalue weighted by atomic mass is 10.1. The first-order valence-electron chi connectivity index (χ1n) is 8.17. The van der Waals surface area contributed by atoms with Crippen LogP contribution in [0.1, 0.15) is 28.8 Å². The Balaban J connectivity index is 1.85. The Kier molecular flexibility index (Phi) is 5.84. The summed E-state index contributed by atoms with van der Waals surface area (Å²) in [5.41, 5.74) is 1.15. The van der Waals surface area contributed by atoms with Gasteiger partial charge in [-0.05, 0) is 37.1 Å². The van der Waals surface area contributed by atoms with Gasteiger partial charge in [-0.25, -0.2) is 0 Å². The van der Waals surface area contributed by atoms with Crippen LogP contribution in [0.5, 0.6) is 5.75 Å². The molecule has 4 nitrogen and oxygen atoms in total. The first-order valence-corrected chi connectivity index (χ1v) is 8.93. The van der Waals surface area contributed by atoms with Gasteiger partial charge in [0.2, 0.25) is 0 Å². The van der Waals surface area contributed by atoms with Gasteiger partial charge in [-0.2, -0.15) is 0 Å². The molecule has 1 amide bonds. The molecule has 1 saturated heterocycles. The number of para-hydroxylation sites is 1. The van der Waals surface area contributed by atoms with E-state index < -0.39 is 0 Å². The third-order valence-corrected chi connectivity index (χ3v) is 4.99. The molecule has 1 aliphatic rings. The second-order valence-electron chi connectivity index (χ2n) is 6.08. The summed E-state index contributed by atoms with van der Waals surface area (Å²) in [6.07, 6.45) is 1.93. The summed E-state index contributed by atoms with van der Waals surface area (Å²) in [7, 11) is 0. The summed E-state index contributed by atoms with van der Waals surface area (Å²) in [6.45, 7) is 1.48. The van der Waals surface area contributed by atoms with Crippen LogP contribution in [0.15, 0.2) is 42.5 Å². The highest BCUT2D eigenvalue weighted by Crippen LogP contribution is 2.25. The van der Waals surface area contributed by atoms with Crippen molar-refractivity contribution < 1.29 is 14.6 Å². The van der Waals surface area contributed by atoms with Crippen LogP contribution in [0.2, 0.25) is 10.0 Å². The second kappa shape index (κ2) is 8.09. The van der Waals surface area contributed by atoms with Crippen LogP contribution in [-0.2, 0) is 11.3 Å². The van der Waals surface area contributed by atoms with E-state index in [0.717, 1.165) is 19.4 Å². The SMILES string of the molecule is O=C(c1ccc(Cl)c(Cl)c1)N(Cc1ccccc1O)CC1CCCO1. The number of amides is 1. The number of phenolic OH excluding ortho intramolecular Hbond substituents is 1. The van der Waals surface area contributed by atoms with Crippen LogP contribution < -0.4 is 0 Å². The standard InChI is InChI=1S/C19H19Cl2NO3/c20-16-8-7-13(10-17(16)21)19(24)22(12-15-5-3-9-25-15)11-14-4-1-2-6-18(14)23/h1-2,4,6-8,10,15,23H,3,5,9,11-12H2. The number of halogens is 2. The van der Waals surface area contributed by atoms with Crippen LogP contribution in [0, 0.1) is 0 Å². The normalized spacial score (nSPS) is 16.8. The van der Waals surface area contributed by atoms with Crippen molar-refractivity contribution in [1.82, 2.24) is 4.90 Å². The van der Waals surface area contributed by atoms with Crippen molar-refractivity contribution in [3.05, 3.63) is 63.6 Å². The van der Waals surface area contributed by atoms with Crippen LogP contribution in [0.3, 0.4) is 0 Å². The minimum absolute atomic E-state index is 0.0116. The molecule has 2 aromatic carbocycles. The van der Waals surface area contributed by atoms with E-state index in [9.17, 15) is 9.90 Å². The fraction of sp³-hybridized carbons (Fsp3) is 0.316. The molecule has 25 heavy (non-hydrogen) atoms. The van der Waals surface area contributed by atoms with E-state index in [2.05, 4.69) is 0 Å². The zero-order chi connectivity index (χ0) is 17.8. The molecule has 1 N–H and O–H groups in total. The van der Waals surface area contributed by atoms with Crippen LogP contribution in [0.25, 0.3) is 0 Å². The number of hydrogen-bond acceptors (Lipinski definition) is 3. The van der Waals surface area contributed by atoms with Crippen molar-refractivity contribution >= 4 is 29.1 Å². The lowest BCUT2D eigenvalue weighted by molar-refractivity contribution is 0.0506. The van der Waals surface area contributed by atoms with Crippen molar-refractivity contribution in [1.29, 1.82) is 0 Å². The molecule has 0 radical (unpaired) electrons. The summed E-state index contributed by atoms with van der Waals surface area (Å²) in [5.74, 6) is -0.000835. The van der Waals surface area contributed by atoms with Gasteiger partial charge in [0.1, 0.15) is 5.75 Å². The number of hydrogen-bond donors (Lipinski definition) is 1. The summed E-state index contributed by atoms with van der Waals surface area (Å²) < 4.78 is 5.68. The highest BCUT2D eigenvalue weighted by molar-refractivity contribution is 6.42. The Hall–Kier alpha value is -1.75. The van der Waals surface area contributed by atoms with Gasteiger partial charge in [-0.15, -0.1) is 0 Å². The summed E-state index contributed by atoms with van der Waals surface area (Å²) in [4.78, 5) is 14.7. The fourth-order valence-electron chi connectivity index (χ4n) is 2.92. The molecule has 1 fully saturated rings. The van der Waals surface area contributed by atoms with Gasteiger partial charge >= 0.3 is 0 Å². The third kappa shape index (κ3) is 4.46. The van der Waals surface area contributed by atoms with Gasteiger partial charge in [-0.3, -0.25) is 4.79 Å². The highest BCUT2D eigenvalue weighted by atomic mass is 35.5. The number of benzene rings is 2. The minimum Gasteiger partial charge on any atom is -0.508 e. The molecule has 0 aromatic heterocycles. The zero-order valence-electron chi connectivity index (χ0n) is 13.6. The Labute approximate surface area is 156 Å². The number of nitrogens with zero attached hydrogens (tertiary/aromatic N) is 1. The molecule has 1 heterocycles. The number of phenols is 1. The van der Waals surface area contributed by atoms with E-state index in [0.29, 0.717) is 34.3 Å². The maximum absolute atomic E-state index is 13.0. The van der Waals surface area contributed by atoms with Crippen LogP contribution in [0.4, 0.5) is 0 Å². The van der Waals surface area contributed by atoms with Crippen molar-refractivity contribution in [2.45, 2.75) is 25.5 Å². The molecule has 3 rings (SSSR count). The molecule has 0 saturated carbocycles. The third-order valence-electron chi connectivity index (χ3n) is 4.25. The molecular weight excluding hydrogens is 361 g/mol. The topological polar surface area (TPSA) is 49.8 Å². The molecule has 0 bridgehead atoms. The average Bonchev–Trinajstić information content (AvgIpc) is 3.11. The van der Waals surface area contributed by atoms with Gasteiger partial charge in [0.15, 0.2) is 0 Å². The van der Waals surface area contributed by atoms with Gasteiger partial charge in [-0.1, -0.05) is 41.4 Å². The van der Waals surface area contributed by atoms with E-state index in [4.69, 9.17) is 27.9 Å². The molecule has 1 unspecified atom stereocenters. The highest BCUT2D eigenvalue weighted by Gasteiger charge is 2.24. The summed E-state index contributed by atoms with van der Waals surface area (Å²) in [5, 5.41) is 10.8. The van der Waals surface area contributed by atoms with Crippen molar-refractivity contribution in [2.75, 3.05) is 13.2 Å². The van der Waals surface area contributed by atoms with Gasteiger partial charge in [0, 0.05) is 30.8 Å². The molecule has 1 aliphatic heterocycles. The number of carbonyl (C=O) groups is 1. The Morgan fingerprint density at radius 2 is 2.00 bits per heavy atom. The van der Waals surface area contributed by atoms with E-state index >= 15 is 0 Å². The number of ether oxygens (including phenoxy) is 1. The van der Waals surface area contributed by atoms with E-state index in [1.54, 1.807) is 41.3 Å². The molecule has 132 valence electrons. The largest absolute Gasteiger partial charge is 0.508 e. The quantitative estimate of drug-likeness (QED) is 0.830. The van der Waals surface area contributed by atoms with E-state index in [1.165, 1.54) is 0 Å². The molecule has 0 spiro atoms. The maximum Gasteiger partial charge on any atom is 0.254 e. The minimum atomic E-state index is -0.169. The smallest absolute Gasteiger partial charge is 0.254 e. The average molecular weight is 380 g/mol. The van der Waals surface area contributed by atoms with Gasteiger partial charge in [0.05, 0.1) is 16.1 Å². The lowest BCUT2D eigenvalue weighted by Gasteiger charge is -2.26. The second-order valence-corrected chi connectivity index (χ2v) is 6.89. The maximum atomic E-state index is 13.0. The monoisotopic (exact) mass is 379 g/mol. The summed E-state index contributed by atoms with van der Waals surface area (Å²) >= 11 is 12.0.